The molecule has 1 heterocycles. The van der Waals surface area contributed by atoms with Crippen LogP contribution in [0.1, 0.15) is 11.7 Å². The Morgan fingerprint density at radius 1 is 1.64 bits per heavy atom. The molecule has 1 unspecified atom stereocenters. The molecule has 0 saturated heterocycles. The zero-order valence-electron chi connectivity index (χ0n) is 7.93. The maximum absolute atomic E-state index is 9.64. The molecule has 14 heavy (non-hydrogen) atoms. The standard InChI is InChI=1S/C9H12BNO3/c1-13-7-4-2-3-6-8(5-11)14-10(12)9(6)7/h2-4,8,12H,5,11H2,1H3. The predicted molar refractivity (Wildman–Crippen MR) is 53.5 cm³/mol. The first-order valence-electron chi connectivity index (χ1n) is 4.48. The van der Waals surface area contributed by atoms with E-state index in [0.717, 1.165) is 5.56 Å². The molecule has 1 aromatic rings. The molecule has 0 bridgehead atoms. The summed E-state index contributed by atoms with van der Waals surface area (Å²) in [6, 6.07) is 5.55. The summed E-state index contributed by atoms with van der Waals surface area (Å²) in [5, 5.41) is 9.64. The van der Waals surface area contributed by atoms with E-state index in [1.54, 1.807) is 13.2 Å². The van der Waals surface area contributed by atoms with Crippen molar-refractivity contribution in [3.8, 4) is 5.75 Å². The van der Waals surface area contributed by atoms with Gasteiger partial charge in [0, 0.05) is 12.0 Å². The fourth-order valence-corrected chi connectivity index (χ4v) is 1.76. The zero-order chi connectivity index (χ0) is 10.1. The molecule has 4 nitrogen and oxygen atoms in total. The minimum atomic E-state index is -0.922. The van der Waals surface area contributed by atoms with E-state index >= 15 is 0 Å². The van der Waals surface area contributed by atoms with Gasteiger partial charge in [0.2, 0.25) is 0 Å². The highest BCUT2D eigenvalue weighted by Crippen LogP contribution is 2.26. The number of hydrogen-bond donors (Lipinski definition) is 2. The van der Waals surface area contributed by atoms with Crippen LogP contribution in [0.2, 0.25) is 0 Å². The van der Waals surface area contributed by atoms with E-state index in [0.29, 0.717) is 17.8 Å². The number of rotatable bonds is 2. The fourth-order valence-electron chi connectivity index (χ4n) is 1.76. The van der Waals surface area contributed by atoms with Crippen LogP contribution in [0.5, 0.6) is 5.75 Å². The summed E-state index contributed by atoms with van der Waals surface area (Å²) in [5.74, 6) is 0.644. The smallest absolute Gasteiger partial charge is 0.495 e. The third kappa shape index (κ3) is 1.30. The Labute approximate surface area is 82.8 Å². The van der Waals surface area contributed by atoms with E-state index in [9.17, 15) is 5.02 Å². The monoisotopic (exact) mass is 193 g/mol. The van der Waals surface area contributed by atoms with Crippen molar-refractivity contribution in [1.82, 2.24) is 0 Å². The van der Waals surface area contributed by atoms with Gasteiger partial charge < -0.3 is 20.1 Å². The van der Waals surface area contributed by atoms with E-state index in [1.165, 1.54) is 0 Å². The maximum atomic E-state index is 9.64. The maximum Gasteiger partial charge on any atom is 0.495 e. The summed E-state index contributed by atoms with van der Waals surface area (Å²) >= 11 is 0. The molecule has 1 aliphatic heterocycles. The van der Waals surface area contributed by atoms with Crippen LogP contribution >= 0.6 is 0 Å². The lowest BCUT2D eigenvalue weighted by molar-refractivity contribution is 0.198. The summed E-state index contributed by atoms with van der Waals surface area (Å²) in [5.41, 5.74) is 7.14. The summed E-state index contributed by atoms with van der Waals surface area (Å²) in [6.45, 7) is 0.358. The highest BCUT2D eigenvalue weighted by atomic mass is 16.5. The molecular weight excluding hydrogens is 181 g/mol. The summed E-state index contributed by atoms with van der Waals surface area (Å²) in [6.07, 6.45) is -0.227. The lowest BCUT2D eigenvalue weighted by Crippen LogP contribution is -2.29. The Morgan fingerprint density at radius 3 is 3.07 bits per heavy atom. The van der Waals surface area contributed by atoms with Gasteiger partial charge in [-0.15, -0.1) is 0 Å². The molecule has 0 aromatic heterocycles. The van der Waals surface area contributed by atoms with Crippen molar-refractivity contribution >= 4 is 12.6 Å². The third-order valence-electron chi connectivity index (χ3n) is 2.42. The Kier molecular flexibility index (Phi) is 2.45. The number of benzene rings is 1. The Hall–Kier alpha value is -1.04. The van der Waals surface area contributed by atoms with Gasteiger partial charge in [-0.2, -0.15) is 0 Å². The van der Waals surface area contributed by atoms with Crippen LogP contribution in [-0.4, -0.2) is 25.8 Å². The van der Waals surface area contributed by atoms with E-state index < -0.39 is 7.12 Å². The molecule has 0 radical (unpaired) electrons. The van der Waals surface area contributed by atoms with Gasteiger partial charge in [0.05, 0.1) is 13.2 Å². The van der Waals surface area contributed by atoms with Crippen molar-refractivity contribution in [1.29, 1.82) is 0 Å². The highest BCUT2D eigenvalue weighted by molar-refractivity contribution is 6.62. The van der Waals surface area contributed by atoms with Gasteiger partial charge in [-0.3, -0.25) is 0 Å². The van der Waals surface area contributed by atoms with E-state index in [1.807, 2.05) is 12.1 Å². The van der Waals surface area contributed by atoms with Crippen LogP contribution in [0.3, 0.4) is 0 Å². The first-order chi connectivity index (χ1) is 6.77. The molecule has 0 amide bonds. The van der Waals surface area contributed by atoms with Gasteiger partial charge in [-0.25, -0.2) is 0 Å². The fraction of sp³-hybridized carbons (Fsp3) is 0.333. The van der Waals surface area contributed by atoms with Gasteiger partial charge in [0.25, 0.3) is 0 Å². The molecule has 5 heteroatoms. The van der Waals surface area contributed by atoms with Crippen LogP contribution in [0, 0.1) is 0 Å². The Bertz CT molecular complexity index is 345. The highest BCUT2D eigenvalue weighted by Gasteiger charge is 2.36. The largest absolute Gasteiger partial charge is 0.497 e. The Morgan fingerprint density at radius 2 is 2.43 bits per heavy atom. The molecule has 2 rings (SSSR count). The van der Waals surface area contributed by atoms with Gasteiger partial charge >= 0.3 is 7.12 Å². The van der Waals surface area contributed by atoms with Gasteiger partial charge in [-0.1, -0.05) is 12.1 Å². The van der Waals surface area contributed by atoms with Crippen molar-refractivity contribution in [3.63, 3.8) is 0 Å². The molecule has 3 N–H and O–H groups in total. The van der Waals surface area contributed by atoms with Crippen molar-refractivity contribution in [3.05, 3.63) is 23.8 Å². The third-order valence-corrected chi connectivity index (χ3v) is 2.42. The van der Waals surface area contributed by atoms with E-state index in [4.69, 9.17) is 15.1 Å². The van der Waals surface area contributed by atoms with Crippen LogP contribution < -0.4 is 15.9 Å². The second kappa shape index (κ2) is 3.61. The number of nitrogens with two attached hydrogens (primary N) is 1. The summed E-state index contributed by atoms with van der Waals surface area (Å²) in [7, 11) is 0.646. The molecule has 0 spiro atoms. The van der Waals surface area contributed by atoms with Gasteiger partial charge in [-0.05, 0) is 11.6 Å². The van der Waals surface area contributed by atoms with Crippen molar-refractivity contribution in [2.75, 3.05) is 13.7 Å². The topological polar surface area (TPSA) is 64.7 Å². The van der Waals surface area contributed by atoms with E-state index in [-0.39, 0.29) is 6.10 Å². The first-order valence-corrected chi connectivity index (χ1v) is 4.48. The normalized spacial score (nSPS) is 19.6. The quantitative estimate of drug-likeness (QED) is 0.616. The molecule has 1 atom stereocenters. The number of hydrogen-bond acceptors (Lipinski definition) is 4. The minimum Gasteiger partial charge on any atom is -0.497 e. The second-order valence-electron chi connectivity index (χ2n) is 3.18. The first kappa shape index (κ1) is 9.52. The molecule has 0 saturated carbocycles. The van der Waals surface area contributed by atoms with Crippen LogP contribution in [0.25, 0.3) is 0 Å². The second-order valence-corrected chi connectivity index (χ2v) is 3.18. The van der Waals surface area contributed by atoms with Gasteiger partial charge in [0.1, 0.15) is 5.75 Å². The van der Waals surface area contributed by atoms with Crippen molar-refractivity contribution in [2.24, 2.45) is 5.73 Å². The number of fused-ring (bicyclic) bond motifs is 1. The predicted octanol–water partition coefficient (Wildman–Crippen LogP) is -0.587. The summed E-state index contributed by atoms with van der Waals surface area (Å²) in [4.78, 5) is 0. The minimum absolute atomic E-state index is 0.227. The van der Waals surface area contributed by atoms with Crippen LogP contribution in [0.15, 0.2) is 18.2 Å². The van der Waals surface area contributed by atoms with Crippen LogP contribution in [0.4, 0.5) is 0 Å². The van der Waals surface area contributed by atoms with Crippen molar-refractivity contribution in [2.45, 2.75) is 6.10 Å². The number of methoxy groups -OCH3 is 1. The average Bonchev–Trinajstić information content (AvgIpc) is 2.55. The molecule has 0 aliphatic carbocycles. The lowest BCUT2D eigenvalue weighted by atomic mass is 9.78. The molecule has 0 fully saturated rings. The molecule has 1 aliphatic rings. The SMILES string of the molecule is COc1cccc2c1B(O)OC2CN. The zero-order valence-corrected chi connectivity index (χ0v) is 7.93. The summed E-state index contributed by atoms with van der Waals surface area (Å²) < 4.78 is 10.4. The van der Waals surface area contributed by atoms with Crippen molar-refractivity contribution < 1.29 is 14.4 Å². The molecule has 1 aromatic carbocycles. The Balaban J connectivity index is 2.49. The lowest BCUT2D eigenvalue weighted by Gasteiger charge is -2.08. The molecular formula is C9H12BNO3. The van der Waals surface area contributed by atoms with E-state index in [2.05, 4.69) is 0 Å². The van der Waals surface area contributed by atoms with Crippen LogP contribution in [-0.2, 0) is 4.65 Å². The van der Waals surface area contributed by atoms with Gasteiger partial charge in [0.15, 0.2) is 0 Å². The average molecular weight is 193 g/mol. The molecule has 74 valence electrons. The number of ether oxygens (including phenoxy) is 1.